The van der Waals surface area contributed by atoms with Crippen LogP contribution in [-0.2, 0) is 13.2 Å². The number of hydrogen-bond acceptors (Lipinski definition) is 1. The van der Waals surface area contributed by atoms with Crippen LogP contribution in [-0.4, -0.2) is 9.55 Å². The molecule has 0 fully saturated rings. The molecule has 0 radical (unpaired) electrons. The van der Waals surface area contributed by atoms with Crippen LogP contribution in [0.25, 0.3) is 11.0 Å². The normalized spacial score (nSPS) is 12.3. The van der Waals surface area contributed by atoms with Crippen molar-refractivity contribution in [3.05, 3.63) is 28.5 Å². The van der Waals surface area contributed by atoms with Gasteiger partial charge in [-0.25, -0.2) is 4.98 Å². The molecule has 1 aromatic heterocycles. The molecule has 0 bridgehead atoms. The lowest BCUT2D eigenvalue weighted by molar-refractivity contribution is -0.146. The second kappa shape index (κ2) is 3.23. The van der Waals surface area contributed by atoms with Crippen molar-refractivity contribution in [1.82, 2.24) is 9.55 Å². The zero-order valence-electron chi connectivity index (χ0n) is 7.64. The number of aryl methyl sites for hydroxylation is 1. The van der Waals surface area contributed by atoms with E-state index >= 15 is 0 Å². The fraction of sp³-hybridized carbons (Fsp3) is 0.222. The van der Waals surface area contributed by atoms with Gasteiger partial charge < -0.3 is 4.57 Å². The van der Waals surface area contributed by atoms with Crippen molar-refractivity contribution in [3.63, 3.8) is 0 Å². The number of aromatic nitrogens is 2. The summed E-state index contributed by atoms with van der Waals surface area (Å²) in [4.78, 5) is 3.54. The molecule has 0 saturated heterocycles. The average Bonchev–Trinajstić information content (AvgIpc) is 2.43. The van der Waals surface area contributed by atoms with E-state index in [1.54, 1.807) is 18.2 Å². The fourth-order valence-corrected chi connectivity index (χ4v) is 1.77. The summed E-state index contributed by atoms with van der Waals surface area (Å²) in [7, 11) is 1.35. The second-order valence-corrected chi connectivity index (χ2v) is 4.04. The summed E-state index contributed by atoms with van der Waals surface area (Å²) in [6.07, 6.45) is -4.42. The van der Waals surface area contributed by atoms with Crippen LogP contribution < -0.4 is 0 Å². The minimum Gasteiger partial charge on any atom is -0.323 e. The van der Waals surface area contributed by atoms with E-state index in [4.69, 9.17) is 0 Å². The van der Waals surface area contributed by atoms with Crippen LogP contribution in [0.1, 0.15) is 5.82 Å². The first-order chi connectivity index (χ1) is 6.89. The van der Waals surface area contributed by atoms with Crippen molar-refractivity contribution in [1.29, 1.82) is 0 Å². The second-order valence-electron chi connectivity index (χ2n) is 3.13. The third-order valence-corrected chi connectivity index (χ3v) is 2.59. The Morgan fingerprint density at radius 1 is 1.33 bits per heavy atom. The predicted molar refractivity (Wildman–Crippen MR) is 53.4 cm³/mol. The highest BCUT2D eigenvalue weighted by atomic mass is 79.9. The number of fused-ring (bicyclic) bond motifs is 1. The number of rotatable bonds is 0. The van der Waals surface area contributed by atoms with Gasteiger partial charge in [0.25, 0.3) is 0 Å². The van der Waals surface area contributed by atoms with Gasteiger partial charge in [0.1, 0.15) is 0 Å². The molecule has 0 saturated carbocycles. The molecule has 0 unspecified atom stereocenters. The largest absolute Gasteiger partial charge is 0.449 e. The molecular formula is C9H6BrF3N2. The highest BCUT2D eigenvalue weighted by Gasteiger charge is 2.36. The van der Waals surface area contributed by atoms with Crippen LogP contribution in [0.5, 0.6) is 0 Å². The van der Waals surface area contributed by atoms with Crippen LogP contribution in [0.4, 0.5) is 13.2 Å². The van der Waals surface area contributed by atoms with Gasteiger partial charge in [-0.2, -0.15) is 13.2 Å². The fourth-order valence-electron chi connectivity index (χ4n) is 1.42. The van der Waals surface area contributed by atoms with Crippen molar-refractivity contribution in [2.75, 3.05) is 0 Å². The Bertz CT molecular complexity index is 516. The van der Waals surface area contributed by atoms with Gasteiger partial charge in [0.2, 0.25) is 5.82 Å². The lowest BCUT2D eigenvalue weighted by atomic mass is 10.3. The number of benzene rings is 1. The number of alkyl halides is 3. The summed E-state index contributed by atoms with van der Waals surface area (Å²) in [5.74, 6) is -0.879. The van der Waals surface area contributed by atoms with Crippen LogP contribution in [0.2, 0.25) is 0 Å². The summed E-state index contributed by atoms with van der Waals surface area (Å²) >= 11 is 3.20. The van der Waals surface area contributed by atoms with Gasteiger partial charge in [0.15, 0.2) is 0 Å². The van der Waals surface area contributed by atoms with Crippen molar-refractivity contribution in [2.45, 2.75) is 6.18 Å². The highest BCUT2D eigenvalue weighted by Crippen LogP contribution is 2.31. The van der Waals surface area contributed by atoms with E-state index in [-0.39, 0.29) is 0 Å². The first kappa shape index (κ1) is 10.5. The summed E-state index contributed by atoms with van der Waals surface area (Å²) in [6.45, 7) is 0. The minimum absolute atomic E-state index is 0.341. The van der Waals surface area contributed by atoms with E-state index in [9.17, 15) is 13.2 Å². The molecule has 0 N–H and O–H groups in total. The molecule has 0 amide bonds. The third kappa shape index (κ3) is 1.73. The molecule has 15 heavy (non-hydrogen) atoms. The number of halogens is 4. The smallest absolute Gasteiger partial charge is 0.323 e. The SMILES string of the molecule is Cn1c(C(F)(F)F)nc2ccc(Br)cc21. The number of nitrogens with zero attached hydrogens (tertiary/aromatic N) is 2. The average molecular weight is 279 g/mol. The monoisotopic (exact) mass is 278 g/mol. The summed E-state index contributed by atoms with van der Waals surface area (Å²) in [5, 5.41) is 0. The zero-order chi connectivity index (χ0) is 11.2. The van der Waals surface area contributed by atoms with E-state index in [0.29, 0.717) is 11.0 Å². The van der Waals surface area contributed by atoms with Crippen molar-refractivity contribution in [2.24, 2.45) is 7.05 Å². The minimum atomic E-state index is -4.42. The molecular weight excluding hydrogens is 273 g/mol. The van der Waals surface area contributed by atoms with Crippen LogP contribution >= 0.6 is 15.9 Å². The summed E-state index contributed by atoms with van der Waals surface area (Å²) < 4.78 is 39.2. The Kier molecular flexibility index (Phi) is 2.26. The molecule has 6 heteroatoms. The van der Waals surface area contributed by atoms with Gasteiger partial charge in [0, 0.05) is 11.5 Å². The highest BCUT2D eigenvalue weighted by molar-refractivity contribution is 9.10. The van der Waals surface area contributed by atoms with E-state index in [1.165, 1.54) is 7.05 Å². The molecule has 0 atom stereocenters. The van der Waals surface area contributed by atoms with Gasteiger partial charge in [0.05, 0.1) is 11.0 Å². The van der Waals surface area contributed by atoms with E-state index in [2.05, 4.69) is 20.9 Å². The molecule has 0 aliphatic rings. The van der Waals surface area contributed by atoms with Crippen LogP contribution in [0.3, 0.4) is 0 Å². The lowest BCUT2D eigenvalue weighted by Gasteiger charge is -2.05. The third-order valence-electron chi connectivity index (χ3n) is 2.10. The van der Waals surface area contributed by atoms with Gasteiger partial charge in [-0.15, -0.1) is 0 Å². The van der Waals surface area contributed by atoms with Gasteiger partial charge >= 0.3 is 6.18 Å². The molecule has 2 aromatic rings. The van der Waals surface area contributed by atoms with E-state index in [0.717, 1.165) is 9.04 Å². The molecule has 0 aliphatic carbocycles. The zero-order valence-corrected chi connectivity index (χ0v) is 9.22. The van der Waals surface area contributed by atoms with Gasteiger partial charge in [-0.3, -0.25) is 0 Å². The molecule has 1 heterocycles. The Balaban J connectivity index is 2.76. The maximum absolute atomic E-state index is 12.5. The maximum Gasteiger partial charge on any atom is 0.449 e. The molecule has 0 aliphatic heterocycles. The Hall–Kier alpha value is -1.04. The van der Waals surface area contributed by atoms with Crippen molar-refractivity contribution in [3.8, 4) is 0 Å². The quantitative estimate of drug-likeness (QED) is 0.723. The standard InChI is InChI=1S/C9H6BrF3N2/c1-15-7-4-5(10)2-3-6(7)14-8(15)9(11,12)13/h2-4H,1H3. The number of imidazole rings is 1. The topological polar surface area (TPSA) is 17.8 Å². The Morgan fingerprint density at radius 3 is 2.60 bits per heavy atom. The van der Waals surface area contributed by atoms with Crippen molar-refractivity contribution >= 4 is 27.0 Å². The first-order valence-electron chi connectivity index (χ1n) is 4.09. The van der Waals surface area contributed by atoms with E-state index in [1.807, 2.05) is 0 Å². The summed E-state index contributed by atoms with van der Waals surface area (Å²) in [6, 6.07) is 4.82. The molecule has 0 spiro atoms. The van der Waals surface area contributed by atoms with Crippen LogP contribution in [0.15, 0.2) is 22.7 Å². The molecule has 2 rings (SSSR count). The Labute approximate surface area is 91.8 Å². The molecule has 1 aromatic carbocycles. The molecule has 2 nitrogen and oxygen atoms in total. The maximum atomic E-state index is 12.5. The molecule has 80 valence electrons. The summed E-state index contributed by atoms with van der Waals surface area (Å²) in [5.41, 5.74) is 0.796. The lowest BCUT2D eigenvalue weighted by Crippen LogP contribution is -2.12. The predicted octanol–water partition coefficient (Wildman–Crippen LogP) is 3.35. The van der Waals surface area contributed by atoms with Gasteiger partial charge in [-0.1, -0.05) is 15.9 Å². The van der Waals surface area contributed by atoms with Crippen LogP contribution in [0, 0.1) is 0 Å². The number of hydrogen-bond donors (Lipinski definition) is 0. The van der Waals surface area contributed by atoms with Crippen molar-refractivity contribution < 1.29 is 13.2 Å². The first-order valence-corrected chi connectivity index (χ1v) is 4.88. The Morgan fingerprint density at radius 2 is 2.00 bits per heavy atom. The van der Waals surface area contributed by atoms with Gasteiger partial charge in [-0.05, 0) is 18.2 Å². The van der Waals surface area contributed by atoms with E-state index < -0.39 is 12.0 Å².